The number of carbonyl (C=O) groups is 3. The van der Waals surface area contributed by atoms with E-state index in [2.05, 4.69) is 13.8 Å². The van der Waals surface area contributed by atoms with Crippen LogP contribution in [-0.4, -0.2) is 39.9 Å². The minimum Gasteiger partial charge on any atom is -0.480 e. The smallest absolute Gasteiger partial charge is 0.321 e. The number of nitrogens with zero attached hydrogens (tertiary/aromatic N) is 1. The summed E-state index contributed by atoms with van der Waals surface area (Å²) in [5.41, 5.74) is 7.12. The fourth-order valence-corrected chi connectivity index (χ4v) is 3.40. The van der Waals surface area contributed by atoms with Crippen molar-refractivity contribution in [1.82, 2.24) is 0 Å². The first-order valence-electron chi connectivity index (χ1n) is 7.38. The summed E-state index contributed by atoms with van der Waals surface area (Å²) < 4.78 is 0. The van der Waals surface area contributed by atoms with Crippen molar-refractivity contribution in [3.63, 3.8) is 0 Å². The number of carboxylic acid groups (broad SMARTS) is 1. The molecule has 2 unspecified atom stereocenters. The van der Waals surface area contributed by atoms with E-state index in [1.54, 1.807) is 12.1 Å². The number of amides is 2. The molecule has 24 heavy (non-hydrogen) atoms. The van der Waals surface area contributed by atoms with Crippen LogP contribution >= 0.6 is 11.8 Å². The molecule has 2 atom stereocenters. The zero-order valence-electron chi connectivity index (χ0n) is 13.4. The van der Waals surface area contributed by atoms with Crippen molar-refractivity contribution in [2.24, 2.45) is 5.73 Å². The Labute approximate surface area is 155 Å². The number of anilines is 1. The molecule has 6 nitrogen and oxygen atoms in total. The van der Waals surface area contributed by atoms with E-state index < -0.39 is 17.3 Å². The molecular formula is C16H20CuN2O4S. The summed E-state index contributed by atoms with van der Waals surface area (Å²) in [4.78, 5) is 36.4. The monoisotopic (exact) mass is 399 g/mol. The average Bonchev–Trinajstić information content (AvgIpc) is 2.79. The van der Waals surface area contributed by atoms with E-state index in [4.69, 9.17) is 10.8 Å². The van der Waals surface area contributed by atoms with E-state index in [9.17, 15) is 14.4 Å². The molecular weight excluding hydrogens is 380 g/mol. The molecule has 1 aromatic carbocycles. The van der Waals surface area contributed by atoms with Crippen molar-refractivity contribution in [1.29, 1.82) is 0 Å². The Morgan fingerprint density at radius 3 is 2.42 bits per heavy atom. The van der Waals surface area contributed by atoms with Gasteiger partial charge in [0.15, 0.2) is 0 Å². The Morgan fingerprint density at radius 2 is 1.92 bits per heavy atom. The molecule has 135 valence electrons. The predicted octanol–water partition coefficient (Wildman–Crippen LogP) is 1.58. The topological polar surface area (TPSA) is 101 Å². The number of rotatable bonds is 6. The molecule has 1 aromatic rings. The second-order valence-corrected chi connectivity index (χ2v) is 7.02. The van der Waals surface area contributed by atoms with E-state index in [1.807, 2.05) is 12.1 Å². The quantitative estimate of drug-likeness (QED) is 0.556. The number of hydrogen-bond donors (Lipinski definition) is 2. The number of nitrogens with two attached hydrogens (primary N) is 1. The Morgan fingerprint density at radius 1 is 1.33 bits per heavy atom. The van der Waals surface area contributed by atoms with Gasteiger partial charge in [0, 0.05) is 29.2 Å². The number of benzene rings is 1. The van der Waals surface area contributed by atoms with Gasteiger partial charge in [-0.15, -0.1) is 11.8 Å². The van der Waals surface area contributed by atoms with Gasteiger partial charge in [0.25, 0.3) is 0 Å². The van der Waals surface area contributed by atoms with Crippen LogP contribution in [0.3, 0.4) is 0 Å². The van der Waals surface area contributed by atoms with Gasteiger partial charge < -0.3 is 10.8 Å². The SMILES string of the molecule is CC(C)c1ccc(N2C(=O)CC(SCC(N)C(=O)O)C2=O)cc1.[Cu]. The Balaban J connectivity index is 0.00000288. The maximum Gasteiger partial charge on any atom is 0.321 e. The molecule has 2 rings (SSSR count). The van der Waals surface area contributed by atoms with Crippen LogP contribution in [0.1, 0.15) is 31.7 Å². The van der Waals surface area contributed by atoms with Crippen LogP contribution in [0, 0.1) is 0 Å². The summed E-state index contributed by atoms with van der Waals surface area (Å²) in [7, 11) is 0. The Hall–Kier alpha value is -1.34. The first-order chi connectivity index (χ1) is 10.8. The van der Waals surface area contributed by atoms with Crippen LogP contribution in [-0.2, 0) is 31.5 Å². The van der Waals surface area contributed by atoms with Crippen LogP contribution in [0.15, 0.2) is 24.3 Å². The molecule has 0 aliphatic carbocycles. The minimum atomic E-state index is -1.12. The molecule has 1 fully saturated rings. The zero-order chi connectivity index (χ0) is 17.1. The van der Waals surface area contributed by atoms with Crippen molar-refractivity contribution in [2.45, 2.75) is 37.5 Å². The van der Waals surface area contributed by atoms with E-state index in [-0.39, 0.29) is 41.1 Å². The van der Waals surface area contributed by atoms with Crippen LogP contribution in [0.4, 0.5) is 5.69 Å². The van der Waals surface area contributed by atoms with Crippen molar-refractivity contribution in [3.8, 4) is 0 Å². The van der Waals surface area contributed by atoms with Crippen molar-refractivity contribution >= 4 is 35.2 Å². The second kappa shape index (κ2) is 8.67. The summed E-state index contributed by atoms with van der Waals surface area (Å²) in [5.74, 6) is -1.23. The predicted molar refractivity (Wildman–Crippen MR) is 89.5 cm³/mol. The number of hydrogen-bond acceptors (Lipinski definition) is 5. The zero-order valence-corrected chi connectivity index (χ0v) is 15.1. The molecule has 1 aliphatic rings. The molecule has 0 aromatic heterocycles. The number of carboxylic acids is 1. The molecule has 1 radical (unpaired) electrons. The molecule has 3 N–H and O–H groups in total. The van der Waals surface area contributed by atoms with E-state index in [1.165, 1.54) is 4.90 Å². The van der Waals surface area contributed by atoms with Crippen LogP contribution in [0.2, 0.25) is 0 Å². The number of aliphatic carboxylic acids is 1. The van der Waals surface area contributed by atoms with Gasteiger partial charge in [0.05, 0.1) is 10.9 Å². The van der Waals surface area contributed by atoms with Gasteiger partial charge in [-0.2, -0.15) is 0 Å². The van der Waals surface area contributed by atoms with Gasteiger partial charge in [0.2, 0.25) is 11.8 Å². The maximum absolute atomic E-state index is 12.4. The molecule has 0 saturated carbocycles. The number of imide groups is 1. The van der Waals surface area contributed by atoms with Crippen molar-refractivity contribution < 1.29 is 36.6 Å². The molecule has 1 heterocycles. The molecule has 2 amide bonds. The molecule has 0 bridgehead atoms. The fourth-order valence-electron chi connectivity index (χ4n) is 2.30. The van der Waals surface area contributed by atoms with Gasteiger partial charge in [-0.25, -0.2) is 4.90 Å². The van der Waals surface area contributed by atoms with Gasteiger partial charge in [-0.1, -0.05) is 26.0 Å². The summed E-state index contributed by atoms with van der Waals surface area (Å²) in [5, 5.41) is 8.20. The third-order valence-corrected chi connectivity index (χ3v) is 5.04. The minimum absolute atomic E-state index is 0. The summed E-state index contributed by atoms with van der Waals surface area (Å²) in [6.07, 6.45) is 0.0712. The van der Waals surface area contributed by atoms with E-state index >= 15 is 0 Å². The third kappa shape index (κ3) is 4.60. The normalized spacial score (nSPS) is 18.7. The van der Waals surface area contributed by atoms with Crippen LogP contribution in [0.5, 0.6) is 0 Å². The largest absolute Gasteiger partial charge is 0.480 e. The number of thioether (sulfide) groups is 1. The number of carbonyl (C=O) groups excluding carboxylic acids is 2. The molecule has 0 spiro atoms. The summed E-state index contributed by atoms with van der Waals surface area (Å²) in [6.45, 7) is 4.14. The standard InChI is InChI=1S/C16H20N2O4S.Cu/c1-9(2)10-3-5-11(6-4-10)18-14(19)7-13(15(18)20)23-8-12(17)16(21)22;/h3-6,9,12-13H,7-8,17H2,1-2H3,(H,21,22);. The van der Waals surface area contributed by atoms with Crippen LogP contribution < -0.4 is 10.6 Å². The summed E-state index contributed by atoms with van der Waals surface area (Å²) >= 11 is 1.12. The Kier molecular flexibility index (Phi) is 7.48. The van der Waals surface area contributed by atoms with Gasteiger partial charge >= 0.3 is 5.97 Å². The summed E-state index contributed by atoms with van der Waals surface area (Å²) in [6, 6.07) is 6.30. The maximum atomic E-state index is 12.4. The average molecular weight is 400 g/mol. The third-order valence-electron chi connectivity index (χ3n) is 3.72. The fraction of sp³-hybridized carbons (Fsp3) is 0.438. The van der Waals surface area contributed by atoms with Crippen molar-refractivity contribution in [2.75, 3.05) is 10.7 Å². The van der Waals surface area contributed by atoms with E-state index in [0.29, 0.717) is 11.6 Å². The van der Waals surface area contributed by atoms with Gasteiger partial charge in [-0.05, 0) is 23.6 Å². The molecule has 8 heteroatoms. The molecule has 1 saturated heterocycles. The second-order valence-electron chi connectivity index (χ2n) is 5.78. The first-order valence-corrected chi connectivity index (χ1v) is 8.43. The van der Waals surface area contributed by atoms with Crippen LogP contribution in [0.25, 0.3) is 0 Å². The van der Waals surface area contributed by atoms with Gasteiger partial charge in [-0.3, -0.25) is 14.4 Å². The molecule has 1 aliphatic heterocycles. The van der Waals surface area contributed by atoms with E-state index in [0.717, 1.165) is 17.3 Å². The Bertz CT molecular complexity index is 621. The van der Waals surface area contributed by atoms with Gasteiger partial charge in [0.1, 0.15) is 6.04 Å². The first kappa shape index (κ1) is 20.7. The van der Waals surface area contributed by atoms with Crippen molar-refractivity contribution in [3.05, 3.63) is 29.8 Å².